The molecule has 0 aromatic heterocycles. The van der Waals surface area contributed by atoms with E-state index in [0.717, 1.165) is 0 Å². The molecule has 4 amide bonds. The molecule has 4 unspecified atom stereocenters. The predicted molar refractivity (Wildman–Crippen MR) is 127 cm³/mol. The van der Waals surface area contributed by atoms with Gasteiger partial charge in [0.15, 0.2) is 0 Å². The van der Waals surface area contributed by atoms with Crippen molar-refractivity contribution in [1.82, 2.24) is 16.0 Å². The molecule has 0 radical (unpaired) electrons. The van der Waals surface area contributed by atoms with Gasteiger partial charge < -0.3 is 37.6 Å². The third-order valence-electron chi connectivity index (χ3n) is 5.19. The summed E-state index contributed by atoms with van der Waals surface area (Å²) in [7, 11) is 0. The number of primary amides is 1. The SMILES string of the molecule is CC(C)C(NC(=O)C(Cc1ccccc1)NC(=O)C(N)CCC(=O)O)C(=O)NC(CC(N)=O)C(=O)O. The summed E-state index contributed by atoms with van der Waals surface area (Å²) in [6.45, 7) is 3.22. The standard InChI is InChI=1S/C23H33N5O8/c1-12(2)19(22(34)27-16(23(35)36)11-17(25)29)28-21(33)15(10-13-6-4-3-5-7-13)26-20(32)14(24)8-9-18(30)31/h3-7,12,14-16,19H,8-11,24H2,1-2H3,(H2,25,29)(H,26,32)(H,27,34)(H,28,33)(H,30,31)(H,35,36). The van der Waals surface area contributed by atoms with Crippen LogP contribution in [0.25, 0.3) is 0 Å². The summed E-state index contributed by atoms with van der Waals surface area (Å²) in [5.74, 6) is -6.37. The lowest BCUT2D eigenvalue weighted by Gasteiger charge is -2.27. The molecule has 0 bridgehead atoms. The van der Waals surface area contributed by atoms with Crippen LogP contribution in [0.3, 0.4) is 0 Å². The second-order valence-electron chi connectivity index (χ2n) is 8.59. The Morgan fingerprint density at radius 1 is 0.861 bits per heavy atom. The van der Waals surface area contributed by atoms with Crippen LogP contribution in [0.5, 0.6) is 0 Å². The zero-order chi connectivity index (χ0) is 27.4. The van der Waals surface area contributed by atoms with Gasteiger partial charge in [-0.3, -0.25) is 24.0 Å². The largest absolute Gasteiger partial charge is 0.481 e. The van der Waals surface area contributed by atoms with E-state index in [-0.39, 0.29) is 19.3 Å². The fraction of sp³-hybridized carbons (Fsp3) is 0.478. The lowest BCUT2D eigenvalue weighted by atomic mass is 10.00. The number of hydrogen-bond acceptors (Lipinski definition) is 7. The monoisotopic (exact) mass is 507 g/mol. The number of benzene rings is 1. The van der Waals surface area contributed by atoms with E-state index < -0.39 is 72.1 Å². The van der Waals surface area contributed by atoms with Crippen LogP contribution in [0.15, 0.2) is 30.3 Å². The quantitative estimate of drug-likeness (QED) is 0.146. The molecule has 9 N–H and O–H groups in total. The van der Waals surface area contributed by atoms with Crippen molar-refractivity contribution in [2.45, 2.75) is 63.7 Å². The molecular weight excluding hydrogens is 474 g/mol. The topological polar surface area (TPSA) is 231 Å². The van der Waals surface area contributed by atoms with E-state index in [1.165, 1.54) is 0 Å². The number of aliphatic carboxylic acids is 2. The van der Waals surface area contributed by atoms with Crippen LogP contribution >= 0.6 is 0 Å². The van der Waals surface area contributed by atoms with Gasteiger partial charge in [-0.25, -0.2) is 4.79 Å². The average Bonchev–Trinajstić information content (AvgIpc) is 2.79. The van der Waals surface area contributed by atoms with Crippen molar-refractivity contribution in [3.05, 3.63) is 35.9 Å². The average molecular weight is 508 g/mol. The Kier molecular flexibility index (Phi) is 12.0. The Morgan fingerprint density at radius 3 is 1.94 bits per heavy atom. The highest BCUT2D eigenvalue weighted by atomic mass is 16.4. The number of carboxylic acid groups (broad SMARTS) is 2. The zero-order valence-electron chi connectivity index (χ0n) is 20.1. The fourth-order valence-electron chi connectivity index (χ4n) is 3.20. The van der Waals surface area contributed by atoms with Crippen LogP contribution in [0, 0.1) is 5.92 Å². The molecule has 0 spiro atoms. The summed E-state index contributed by atoms with van der Waals surface area (Å²) in [6, 6.07) is 3.55. The Labute approximate surface area is 208 Å². The van der Waals surface area contributed by atoms with Gasteiger partial charge in [0.1, 0.15) is 18.1 Å². The first kappa shape index (κ1) is 30.0. The minimum Gasteiger partial charge on any atom is -0.481 e. The summed E-state index contributed by atoms with van der Waals surface area (Å²) in [4.78, 5) is 71.8. The number of rotatable bonds is 15. The third-order valence-corrected chi connectivity index (χ3v) is 5.19. The molecule has 0 aliphatic rings. The first-order valence-electron chi connectivity index (χ1n) is 11.2. The Hall–Kier alpha value is -4.00. The number of carbonyl (C=O) groups excluding carboxylic acids is 4. The molecule has 13 heteroatoms. The molecule has 198 valence electrons. The molecule has 1 rings (SSSR count). The second kappa shape index (κ2) is 14.4. The minimum atomic E-state index is -1.58. The van der Waals surface area contributed by atoms with Crippen LogP contribution in [0.1, 0.15) is 38.7 Å². The van der Waals surface area contributed by atoms with Crippen LogP contribution in [-0.2, 0) is 35.2 Å². The first-order chi connectivity index (χ1) is 16.8. The number of amides is 4. The summed E-state index contributed by atoms with van der Waals surface area (Å²) >= 11 is 0. The number of hydrogen-bond donors (Lipinski definition) is 7. The zero-order valence-corrected chi connectivity index (χ0v) is 20.1. The van der Waals surface area contributed by atoms with Gasteiger partial charge in [0.05, 0.1) is 12.5 Å². The maximum absolute atomic E-state index is 13.2. The minimum absolute atomic E-state index is 0.0376. The fourth-order valence-corrected chi connectivity index (χ4v) is 3.20. The lowest BCUT2D eigenvalue weighted by molar-refractivity contribution is -0.144. The highest BCUT2D eigenvalue weighted by molar-refractivity contribution is 5.95. The molecule has 0 heterocycles. The van der Waals surface area contributed by atoms with E-state index in [0.29, 0.717) is 5.56 Å². The van der Waals surface area contributed by atoms with E-state index in [9.17, 15) is 33.9 Å². The molecule has 4 atom stereocenters. The van der Waals surface area contributed by atoms with Crippen molar-refractivity contribution in [3.63, 3.8) is 0 Å². The summed E-state index contributed by atoms with van der Waals surface area (Å²) < 4.78 is 0. The lowest BCUT2D eigenvalue weighted by Crippen LogP contribution is -2.59. The summed E-state index contributed by atoms with van der Waals surface area (Å²) in [5, 5.41) is 25.3. The molecule has 1 aromatic rings. The number of carbonyl (C=O) groups is 6. The van der Waals surface area contributed by atoms with E-state index in [1.807, 2.05) is 0 Å². The van der Waals surface area contributed by atoms with Crippen molar-refractivity contribution in [1.29, 1.82) is 0 Å². The van der Waals surface area contributed by atoms with Crippen molar-refractivity contribution in [2.24, 2.45) is 17.4 Å². The molecule has 0 aliphatic carbocycles. The Balaban J connectivity index is 3.06. The second-order valence-corrected chi connectivity index (χ2v) is 8.59. The van der Waals surface area contributed by atoms with Gasteiger partial charge in [-0.15, -0.1) is 0 Å². The van der Waals surface area contributed by atoms with Crippen LogP contribution in [0.4, 0.5) is 0 Å². The molecule has 36 heavy (non-hydrogen) atoms. The van der Waals surface area contributed by atoms with Gasteiger partial charge >= 0.3 is 11.9 Å². The maximum atomic E-state index is 13.2. The van der Waals surface area contributed by atoms with Gasteiger partial charge in [-0.05, 0) is 17.9 Å². The van der Waals surface area contributed by atoms with E-state index >= 15 is 0 Å². The Morgan fingerprint density at radius 2 is 1.44 bits per heavy atom. The van der Waals surface area contributed by atoms with Crippen LogP contribution in [0.2, 0.25) is 0 Å². The molecule has 0 saturated heterocycles. The van der Waals surface area contributed by atoms with Gasteiger partial charge in [-0.2, -0.15) is 0 Å². The van der Waals surface area contributed by atoms with Crippen molar-refractivity contribution in [2.75, 3.05) is 0 Å². The maximum Gasteiger partial charge on any atom is 0.326 e. The van der Waals surface area contributed by atoms with E-state index in [2.05, 4.69) is 16.0 Å². The molecule has 1 aromatic carbocycles. The molecular formula is C23H33N5O8. The van der Waals surface area contributed by atoms with Crippen molar-refractivity contribution in [3.8, 4) is 0 Å². The van der Waals surface area contributed by atoms with E-state index in [1.54, 1.807) is 44.2 Å². The molecule has 0 fully saturated rings. The van der Waals surface area contributed by atoms with E-state index in [4.69, 9.17) is 16.6 Å². The number of nitrogens with one attached hydrogen (secondary N) is 3. The Bertz CT molecular complexity index is 953. The smallest absolute Gasteiger partial charge is 0.326 e. The predicted octanol–water partition coefficient (Wildman–Crippen LogP) is -1.51. The number of carboxylic acids is 2. The number of nitrogens with two attached hydrogens (primary N) is 2. The van der Waals surface area contributed by atoms with Crippen LogP contribution < -0.4 is 27.4 Å². The van der Waals surface area contributed by atoms with Crippen LogP contribution in [-0.4, -0.2) is 69.9 Å². The van der Waals surface area contributed by atoms with Crippen molar-refractivity contribution >= 4 is 35.6 Å². The molecule has 13 nitrogen and oxygen atoms in total. The summed E-state index contributed by atoms with van der Waals surface area (Å²) in [5.41, 5.74) is 11.5. The molecule has 0 aliphatic heterocycles. The van der Waals surface area contributed by atoms with Gasteiger partial charge in [0.2, 0.25) is 23.6 Å². The highest BCUT2D eigenvalue weighted by Crippen LogP contribution is 2.08. The van der Waals surface area contributed by atoms with Gasteiger partial charge in [0.25, 0.3) is 0 Å². The molecule has 0 saturated carbocycles. The van der Waals surface area contributed by atoms with Crippen molar-refractivity contribution < 1.29 is 39.0 Å². The first-order valence-corrected chi connectivity index (χ1v) is 11.2. The van der Waals surface area contributed by atoms with Gasteiger partial charge in [-0.1, -0.05) is 44.2 Å². The normalized spacial score (nSPS) is 14.1. The third kappa shape index (κ3) is 10.5. The summed E-state index contributed by atoms with van der Waals surface area (Å²) in [6.07, 6.45) is -1.08. The van der Waals surface area contributed by atoms with Gasteiger partial charge in [0, 0.05) is 12.8 Å². The highest BCUT2D eigenvalue weighted by Gasteiger charge is 2.32.